The molecule has 0 bridgehead atoms. The van der Waals surface area contributed by atoms with Crippen molar-refractivity contribution in [3.63, 3.8) is 0 Å². The standard InChI is InChI=1S/C10H14N2O4/c13-5-9(14)6-16-10-3-1-8(2-4-10)11-7-12-15/h1-4,7,9,13-15H,5-6H2,(H,11,12). The Morgan fingerprint density at radius 3 is 2.62 bits per heavy atom. The van der Waals surface area contributed by atoms with Crippen LogP contribution in [0.5, 0.6) is 5.75 Å². The average molecular weight is 226 g/mol. The molecule has 0 saturated carbocycles. The summed E-state index contributed by atoms with van der Waals surface area (Å²) in [6.45, 7) is -0.290. The second-order valence-electron chi connectivity index (χ2n) is 3.03. The number of nitrogens with zero attached hydrogens (tertiary/aromatic N) is 1. The van der Waals surface area contributed by atoms with E-state index >= 15 is 0 Å². The van der Waals surface area contributed by atoms with Gasteiger partial charge in [-0.15, -0.1) is 0 Å². The van der Waals surface area contributed by atoms with Crippen molar-refractivity contribution in [1.29, 1.82) is 0 Å². The van der Waals surface area contributed by atoms with E-state index in [1.54, 1.807) is 29.7 Å². The van der Waals surface area contributed by atoms with Crippen LogP contribution >= 0.6 is 0 Å². The monoisotopic (exact) mass is 226 g/mol. The highest BCUT2D eigenvalue weighted by Gasteiger charge is 2.02. The molecule has 1 atom stereocenters. The van der Waals surface area contributed by atoms with E-state index < -0.39 is 6.10 Å². The first kappa shape index (κ1) is 12.4. The lowest BCUT2D eigenvalue weighted by atomic mass is 10.3. The van der Waals surface area contributed by atoms with Gasteiger partial charge in [0.15, 0.2) is 0 Å². The van der Waals surface area contributed by atoms with Gasteiger partial charge in [-0.25, -0.2) is 4.99 Å². The topological polar surface area (TPSA) is 94.3 Å². The normalized spacial score (nSPS) is 12.7. The summed E-state index contributed by atoms with van der Waals surface area (Å²) in [6.07, 6.45) is 0.266. The molecule has 0 amide bonds. The van der Waals surface area contributed by atoms with Crippen LogP contribution in [0.2, 0.25) is 0 Å². The molecule has 0 radical (unpaired) electrons. The number of aliphatic hydroxyl groups is 2. The predicted octanol–water partition coefficient (Wildman–Crippen LogP) is 0.0572. The average Bonchev–Trinajstić information content (AvgIpc) is 2.34. The number of benzene rings is 1. The fraction of sp³-hybridized carbons (Fsp3) is 0.300. The van der Waals surface area contributed by atoms with Crippen molar-refractivity contribution in [2.45, 2.75) is 6.10 Å². The van der Waals surface area contributed by atoms with Crippen molar-refractivity contribution >= 4 is 12.0 Å². The van der Waals surface area contributed by atoms with Gasteiger partial charge in [-0.2, -0.15) is 0 Å². The van der Waals surface area contributed by atoms with Crippen molar-refractivity contribution in [1.82, 2.24) is 5.48 Å². The second-order valence-corrected chi connectivity index (χ2v) is 3.03. The summed E-state index contributed by atoms with van der Waals surface area (Å²) in [5.74, 6) is 0.573. The molecule has 0 aliphatic carbocycles. The molecule has 0 heterocycles. The number of hydrogen-bond acceptors (Lipinski definition) is 5. The van der Waals surface area contributed by atoms with Crippen LogP contribution in [0.1, 0.15) is 0 Å². The van der Waals surface area contributed by atoms with E-state index in [0.717, 1.165) is 6.34 Å². The predicted molar refractivity (Wildman–Crippen MR) is 58.1 cm³/mol. The smallest absolute Gasteiger partial charge is 0.119 e. The van der Waals surface area contributed by atoms with Gasteiger partial charge in [-0.3, -0.25) is 10.7 Å². The number of hydroxylamine groups is 1. The Balaban J connectivity index is 2.48. The molecular weight excluding hydrogens is 212 g/mol. The molecule has 0 aliphatic heterocycles. The number of nitrogens with one attached hydrogen (secondary N) is 1. The number of aliphatic imine (C=N–C) groups is 1. The van der Waals surface area contributed by atoms with Crippen LogP contribution in [-0.2, 0) is 0 Å². The molecule has 1 rings (SSSR count). The third-order valence-corrected chi connectivity index (χ3v) is 1.76. The van der Waals surface area contributed by atoms with Crippen LogP contribution in [0, 0.1) is 0 Å². The van der Waals surface area contributed by atoms with Crippen LogP contribution in [0.25, 0.3) is 0 Å². The Morgan fingerprint density at radius 2 is 2.06 bits per heavy atom. The molecule has 0 fully saturated rings. The highest BCUT2D eigenvalue weighted by molar-refractivity contribution is 5.59. The first-order valence-electron chi connectivity index (χ1n) is 4.70. The van der Waals surface area contributed by atoms with E-state index in [2.05, 4.69) is 4.99 Å². The molecule has 4 N–H and O–H groups in total. The summed E-state index contributed by atoms with van der Waals surface area (Å²) in [7, 11) is 0. The number of hydrogen-bond donors (Lipinski definition) is 4. The first-order valence-corrected chi connectivity index (χ1v) is 4.70. The van der Waals surface area contributed by atoms with E-state index in [-0.39, 0.29) is 13.2 Å². The zero-order valence-electron chi connectivity index (χ0n) is 8.58. The van der Waals surface area contributed by atoms with Gasteiger partial charge in [-0.05, 0) is 24.3 Å². The summed E-state index contributed by atoms with van der Waals surface area (Å²) in [5.41, 5.74) is 2.44. The lowest BCUT2D eigenvalue weighted by Gasteiger charge is -2.09. The third kappa shape index (κ3) is 4.26. The van der Waals surface area contributed by atoms with Crippen molar-refractivity contribution in [3.05, 3.63) is 24.3 Å². The fourth-order valence-electron chi connectivity index (χ4n) is 0.977. The lowest BCUT2D eigenvalue weighted by Crippen LogP contribution is -2.21. The Morgan fingerprint density at radius 1 is 1.38 bits per heavy atom. The maximum atomic E-state index is 9.06. The summed E-state index contributed by atoms with van der Waals surface area (Å²) < 4.78 is 5.19. The van der Waals surface area contributed by atoms with Crippen LogP contribution in [0.3, 0.4) is 0 Å². The largest absolute Gasteiger partial charge is 0.491 e. The molecule has 6 heteroatoms. The van der Waals surface area contributed by atoms with Gasteiger partial charge in [-0.1, -0.05) is 0 Å². The van der Waals surface area contributed by atoms with Crippen LogP contribution < -0.4 is 10.2 Å². The van der Waals surface area contributed by atoms with E-state index in [9.17, 15) is 0 Å². The van der Waals surface area contributed by atoms with E-state index in [4.69, 9.17) is 20.2 Å². The SMILES string of the molecule is OCC(O)COc1ccc(N=CNO)cc1. The Kier molecular flexibility index (Phi) is 5.27. The molecule has 1 aromatic rings. The van der Waals surface area contributed by atoms with Crippen LogP contribution in [-0.4, -0.2) is 41.1 Å². The molecular formula is C10H14N2O4. The van der Waals surface area contributed by atoms with E-state index in [1.165, 1.54) is 0 Å². The van der Waals surface area contributed by atoms with Gasteiger partial charge in [0.25, 0.3) is 0 Å². The summed E-state index contributed by atoms with van der Waals surface area (Å²) in [4.78, 5) is 3.85. The highest BCUT2D eigenvalue weighted by Crippen LogP contribution is 2.17. The van der Waals surface area contributed by atoms with Crippen molar-refractivity contribution in [3.8, 4) is 5.75 Å². The molecule has 0 spiro atoms. The summed E-state index contributed by atoms with van der Waals surface area (Å²) in [6, 6.07) is 6.73. The minimum absolute atomic E-state index is 0.0390. The van der Waals surface area contributed by atoms with Gasteiger partial charge in [0.2, 0.25) is 0 Å². The highest BCUT2D eigenvalue weighted by atomic mass is 16.5. The molecule has 6 nitrogen and oxygen atoms in total. The molecule has 0 aromatic heterocycles. The van der Waals surface area contributed by atoms with Gasteiger partial charge in [0.05, 0.1) is 12.3 Å². The van der Waals surface area contributed by atoms with Crippen LogP contribution in [0.15, 0.2) is 29.3 Å². The zero-order valence-corrected chi connectivity index (χ0v) is 8.58. The molecule has 0 saturated heterocycles. The van der Waals surface area contributed by atoms with Gasteiger partial charge in [0.1, 0.15) is 24.8 Å². The Labute approximate surface area is 92.8 Å². The van der Waals surface area contributed by atoms with Crippen LogP contribution in [0.4, 0.5) is 5.69 Å². The number of ether oxygens (including phenoxy) is 1. The molecule has 1 aromatic carbocycles. The van der Waals surface area contributed by atoms with Crippen molar-refractivity contribution in [2.75, 3.05) is 13.2 Å². The molecule has 88 valence electrons. The third-order valence-electron chi connectivity index (χ3n) is 1.76. The Bertz CT molecular complexity index is 326. The maximum Gasteiger partial charge on any atom is 0.119 e. The lowest BCUT2D eigenvalue weighted by molar-refractivity contribution is 0.0536. The minimum Gasteiger partial charge on any atom is -0.491 e. The maximum absolute atomic E-state index is 9.06. The molecule has 0 aliphatic rings. The van der Waals surface area contributed by atoms with Gasteiger partial charge in [0, 0.05) is 0 Å². The minimum atomic E-state index is -0.878. The van der Waals surface area contributed by atoms with Gasteiger partial charge < -0.3 is 14.9 Å². The molecule has 1 unspecified atom stereocenters. The summed E-state index contributed by atoms with van der Waals surface area (Å²) >= 11 is 0. The van der Waals surface area contributed by atoms with Crippen molar-refractivity contribution in [2.24, 2.45) is 4.99 Å². The van der Waals surface area contributed by atoms with E-state index in [0.29, 0.717) is 11.4 Å². The first-order chi connectivity index (χ1) is 7.76. The second kappa shape index (κ2) is 6.78. The number of aliphatic hydroxyl groups excluding tert-OH is 2. The zero-order chi connectivity index (χ0) is 11.8. The molecule has 16 heavy (non-hydrogen) atoms. The van der Waals surface area contributed by atoms with Gasteiger partial charge >= 0.3 is 0 Å². The van der Waals surface area contributed by atoms with Crippen molar-refractivity contribution < 1.29 is 20.2 Å². The quantitative estimate of drug-likeness (QED) is 0.312. The van der Waals surface area contributed by atoms with E-state index in [1.807, 2.05) is 0 Å². The fourth-order valence-corrected chi connectivity index (χ4v) is 0.977. The number of rotatable bonds is 6. The Hall–Kier alpha value is -1.63. The summed E-state index contributed by atoms with van der Waals surface area (Å²) in [5, 5.41) is 25.9.